The fourth-order valence-electron chi connectivity index (χ4n) is 2.31. The van der Waals surface area contributed by atoms with Gasteiger partial charge in [-0.2, -0.15) is 0 Å². The Morgan fingerprint density at radius 1 is 1.24 bits per heavy atom. The van der Waals surface area contributed by atoms with Crippen molar-refractivity contribution in [1.82, 2.24) is 4.90 Å². The number of nitrogens with zero attached hydrogens (tertiary/aromatic N) is 1. The Kier molecular flexibility index (Phi) is 7.32. The molecule has 1 amide bonds. The topological polar surface area (TPSA) is 55.6 Å². The summed E-state index contributed by atoms with van der Waals surface area (Å²) in [7, 11) is 1.65. The van der Waals surface area contributed by atoms with Crippen LogP contribution in [0.15, 0.2) is 24.3 Å². The first-order valence-electron chi connectivity index (χ1n) is 7.24. The number of benzene rings is 1. The number of nitrogens with two attached hydrogens (primary N) is 1. The smallest absolute Gasteiger partial charge is 0.254 e. The first-order valence-corrected chi connectivity index (χ1v) is 7.65. The van der Waals surface area contributed by atoms with Crippen molar-refractivity contribution in [2.45, 2.75) is 32.7 Å². The van der Waals surface area contributed by atoms with E-state index in [9.17, 15) is 4.79 Å². The number of hydrogen-bond donors (Lipinski definition) is 1. The molecule has 2 N–H and O–H groups in total. The summed E-state index contributed by atoms with van der Waals surface area (Å²) in [5.74, 6) is 0.0234. The van der Waals surface area contributed by atoms with Crippen LogP contribution in [0.5, 0.6) is 0 Å². The van der Waals surface area contributed by atoms with Crippen molar-refractivity contribution < 1.29 is 9.53 Å². The highest BCUT2D eigenvalue weighted by atomic mass is 32.1. The number of hydrogen-bond acceptors (Lipinski definition) is 3. The lowest BCUT2D eigenvalue weighted by Gasteiger charge is -2.30. The van der Waals surface area contributed by atoms with Crippen molar-refractivity contribution in [2.75, 3.05) is 20.3 Å². The largest absolute Gasteiger partial charge is 0.389 e. The molecule has 0 aromatic heterocycles. The Morgan fingerprint density at radius 2 is 1.76 bits per heavy atom. The third kappa shape index (κ3) is 4.79. The van der Waals surface area contributed by atoms with Crippen LogP contribution in [0.1, 0.15) is 42.6 Å². The molecule has 5 heteroatoms. The predicted molar refractivity (Wildman–Crippen MR) is 89.6 cm³/mol. The standard InChI is InChI=1S/C16H24N2O2S/c1-4-14(5-2)18(10-11-20-3)16(19)13-8-6-12(7-9-13)15(17)21/h6-9,14H,4-5,10-11H2,1-3H3,(H2,17,21). The highest BCUT2D eigenvalue weighted by molar-refractivity contribution is 7.80. The van der Waals surface area contributed by atoms with Gasteiger partial charge >= 0.3 is 0 Å². The first-order chi connectivity index (χ1) is 10.0. The van der Waals surface area contributed by atoms with Gasteiger partial charge in [0, 0.05) is 30.8 Å². The predicted octanol–water partition coefficient (Wildman–Crippen LogP) is 2.60. The highest BCUT2D eigenvalue weighted by Gasteiger charge is 2.22. The zero-order chi connectivity index (χ0) is 15.8. The maximum absolute atomic E-state index is 12.7. The Balaban J connectivity index is 2.95. The normalized spacial score (nSPS) is 10.7. The minimum Gasteiger partial charge on any atom is -0.389 e. The molecule has 0 aliphatic carbocycles. The molecule has 0 heterocycles. The Bertz CT molecular complexity index is 470. The van der Waals surface area contributed by atoms with Gasteiger partial charge in [-0.15, -0.1) is 0 Å². The molecule has 0 saturated carbocycles. The molecule has 0 aliphatic heterocycles. The average molecular weight is 308 g/mol. The van der Waals surface area contributed by atoms with Gasteiger partial charge in [-0.1, -0.05) is 38.2 Å². The second-order valence-electron chi connectivity index (χ2n) is 4.90. The van der Waals surface area contributed by atoms with Crippen LogP contribution in [0.2, 0.25) is 0 Å². The summed E-state index contributed by atoms with van der Waals surface area (Å²) in [5, 5.41) is 0. The maximum Gasteiger partial charge on any atom is 0.254 e. The van der Waals surface area contributed by atoms with E-state index in [1.165, 1.54) is 0 Å². The van der Waals surface area contributed by atoms with Gasteiger partial charge in [0.05, 0.1) is 6.61 Å². The van der Waals surface area contributed by atoms with Gasteiger partial charge in [-0.25, -0.2) is 0 Å². The van der Waals surface area contributed by atoms with Crippen molar-refractivity contribution >= 4 is 23.1 Å². The molecule has 0 radical (unpaired) electrons. The van der Waals surface area contributed by atoms with Crippen LogP contribution in [-0.4, -0.2) is 42.1 Å². The highest BCUT2D eigenvalue weighted by Crippen LogP contribution is 2.14. The summed E-state index contributed by atoms with van der Waals surface area (Å²) in [6, 6.07) is 7.36. The second kappa shape index (κ2) is 8.74. The molecular formula is C16H24N2O2S. The number of ether oxygens (including phenoxy) is 1. The van der Waals surface area contributed by atoms with Crippen molar-refractivity contribution in [3.63, 3.8) is 0 Å². The van der Waals surface area contributed by atoms with Crippen LogP contribution >= 0.6 is 12.2 Å². The molecule has 0 fully saturated rings. The number of thiocarbonyl (C=S) groups is 1. The van der Waals surface area contributed by atoms with Gasteiger partial charge in [-0.05, 0) is 25.0 Å². The third-order valence-electron chi connectivity index (χ3n) is 3.60. The van der Waals surface area contributed by atoms with Crippen LogP contribution in [0, 0.1) is 0 Å². The summed E-state index contributed by atoms with van der Waals surface area (Å²) in [6.07, 6.45) is 1.86. The van der Waals surface area contributed by atoms with Crippen LogP contribution in [0.25, 0.3) is 0 Å². The summed E-state index contributed by atoms with van der Waals surface area (Å²) in [4.78, 5) is 14.9. The Morgan fingerprint density at radius 3 is 2.19 bits per heavy atom. The molecule has 0 bridgehead atoms. The van der Waals surface area contributed by atoms with Gasteiger partial charge in [-0.3, -0.25) is 4.79 Å². The van der Waals surface area contributed by atoms with E-state index in [4.69, 9.17) is 22.7 Å². The summed E-state index contributed by atoms with van der Waals surface area (Å²) in [5.41, 5.74) is 7.00. The van der Waals surface area contributed by atoms with E-state index in [0.29, 0.717) is 23.7 Å². The molecule has 116 valence electrons. The van der Waals surface area contributed by atoms with Crippen LogP contribution < -0.4 is 5.73 Å². The average Bonchev–Trinajstić information content (AvgIpc) is 2.51. The molecule has 0 unspecified atom stereocenters. The molecule has 0 spiro atoms. The van der Waals surface area contributed by atoms with E-state index in [-0.39, 0.29) is 11.9 Å². The monoisotopic (exact) mass is 308 g/mol. The van der Waals surface area contributed by atoms with Gasteiger partial charge in [0.15, 0.2) is 0 Å². The minimum absolute atomic E-state index is 0.0234. The molecule has 21 heavy (non-hydrogen) atoms. The van der Waals surface area contributed by atoms with Crippen molar-refractivity contribution in [1.29, 1.82) is 0 Å². The number of amides is 1. The zero-order valence-electron chi connectivity index (χ0n) is 13.0. The summed E-state index contributed by atoms with van der Waals surface area (Å²) in [6.45, 7) is 5.32. The molecular weight excluding hydrogens is 284 g/mol. The number of methoxy groups -OCH3 is 1. The van der Waals surface area contributed by atoms with Crippen LogP contribution in [-0.2, 0) is 4.74 Å². The lowest BCUT2D eigenvalue weighted by atomic mass is 10.1. The number of carbonyl (C=O) groups is 1. The lowest BCUT2D eigenvalue weighted by Crippen LogP contribution is -2.41. The first kappa shape index (κ1) is 17.6. The molecule has 0 atom stereocenters. The van der Waals surface area contributed by atoms with Crippen molar-refractivity contribution in [3.8, 4) is 0 Å². The Labute approximate surface area is 132 Å². The van der Waals surface area contributed by atoms with Gasteiger partial charge in [0.1, 0.15) is 4.99 Å². The van der Waals surface area contributed by atoms with Crippen LogP contribution in [0.3, 0.4) is 0 Å². The second-order valence-corrected chi connectivity index (χ2v) is 5.34. The lowest BCUT2D eigenvalue weighted by molar-refractivity contribution is 0.0589. The van der Waals surface area contributed by atoms with Crippen molar-refractivity contribution in [3.05, 3.63) is 35.4 Å². The van der Waals surface area contributed by atoms with Crippen LogP contribution in [0.4, 0.5) is 0 Å². The van der Waals surface area contributed by atoms with Gasteiger partial charge in [0.2, 0.25) is 0 Å². The van der Waals surface area contributed by atoms with E-state index in [1.54, 1.807) is 31.4 Å². The van der Waals surface area contributed by atoms with E-state index in [1.807, 2.05) is 4.90 Å². The molecule has 1 rings (SSSR count). The van der Waals surface area contributed by atoms with E-state index in [2.05, 4.69) is 13.8 Å². The molecule has 0 aliphatic rings. The Hall–Kier alpha value is -1.46. The number of carbonyl (C=O) groups excluding carboxylic acids is 1. The molecule has 1 aromatic rings. The van der Waals surface area contributed by atoms with E-state index in [0.717, 1.165) is 18.4 Å². The van der Waals surface area contributed by atoms with Gasteiger partial charge < -0.3 is 15.4 Å². The minimum atomic E-state index is 0.0234. The SMILES string of the molecule is CCC(CC)N(CCOC)C(=O)c1ccc(C(N)=S)cc1. The molecule has 0 saturated heterocycles. The van der Waals surface area contributed by atoms with Crippen molar-refractivity contribution in [2.24, 2.45) is 5.73 Å². The zero-order valence-corrected chi connectivity index (χ0v) is 13.8. The molecule has 4 nitrogen and oxygen atoms in total. The summed E-state index contributed by atoms with van der Waals surface area (Å²) < 4.78 is 5.12. The quantitative estimate of drug-likeness (QED) is 0.750. The fourth-order valence-corrected chi connectivity index (χ4v) is 2.45. The number of rotatable bonds is 8. The molecule has 1 aromatic carbocycles. The van der Waals surface area contributed by atoms with Gasteiger partial charge in [0.25, 0.3) is 5.91 Å². The third-order valence-corrected chi connectivity index (χ3v) is 3.83. The van der Waals surface area contributed by atoms with E-state index >= 15 is 0 Å². The summed E-state index contributed by atoms with van der Waals surface area (Å²) >= 11 is 4.92. The maximum atomic E-state index is 12.7. The van der Waals surface area contributed by atoms with E-state index < -0.39 is 0 Å². The fraction of sp³-hybridized carbons (Fsp3) is 0.500.